The molecule has 0 bridgehead atoms. The van der Waals surface area contributed by atoms with E-state index < -0.39 is 5.97 Å². The van der Waals surface area contributed by atoms with Crippen molar-refractivity contribution in [2.75, 3.05) is 0 Å². The second-order valence-electron chi connectivity index (χ2n) is 12.8. The second-order valence-corrected chi connectivity index (χ2v) is 12.8. The number of hydrogen-bond acceptors (Lipinski definition) is 3. The molecule has 3 unspecified atom stereocenters. The van der Waals surface area contributed by atoms with E-state index in [1.165, 1.54) is 57.8 Å². The fourth-order valence-electron chi connectivity index (χ4n) is 9.27. The maximum absolute atomic E-state index is 12.3. The zero-order valence-corrected chi connectivity index (χ0v) is 21.2. The number of unbranched alkanes of at least 4 members (excludes halogenated alkanes) is 6. The van der Waals surface area contributed by atoms with Gasteiger partial charge >= 0.3 is 5.97 Å². The van der Waals surface area contributed by atoms with Crippen LogP contribution in [0, 0.1) is 40.4 Å². The molecule has 2 N–H and O–H groups in total. The monoisotopic (exact) mass is 460 g/mol. The Balaban J connectivity index is 1.36. The predicted molar refractivity (Wildman–Crippen MR) is 131 cm³/mol. The molecular weight excluding hydrogens is 412 g/mol. The molecule has 4 saturated carbocycles. The van der Waals surface area contributed by atoms with Crippen LogP contribution in [-0.2, 0) is 9.59 Å². The Bertz CT molecular complexity index is 704. The number of ketones is 1. The summed E-state index contributed by atoms with van der Waals surface area (Å²) >= 11 is 0. The van der Waals surface area contributed by atoms with Crippen LogP contribution in [-0.4, -0.2) is 28.1 Å². The van der Waals surface area contributed by atoms with Crippen LogP contribution in [0.25, 0.3) is 0 Å². The molecule has 8 atom stereocenters. The van der Waals surface area contributed by atoms with Gasteiger partial charge in [0.2, 0.25) is 0 Å². The molecule has 33 heavy (non-hydrogen) atoms. The highest BCUT2D eigenvalue weighted by Crippen LogP contribution is 2.68. The van der Waals surface area contributed by atoms with Crippen LogP contribution in [0.4, 0.5) is 0 Å². The number of carbonyl (C=O) groups is 2. The summed E-state index contributed by atoms with van der Waals surface area (Å²) in [5.41, 5.74) is 0.421. The molecule has 0 radical (unpaired) electrons. The molecule has 0 saturated heterocycles. The average Bonchev–Trinajstić information content (AvgIpc) is 3.06. The summed E-state index contributed by atoms with van der Waals surface area (Å²) in [5.74, 6) is 3.26. The third-order valence-electron chi connectivity index (χ3n) is 11.0. The van der Waals surface area contributed by atoms with E-state index in [0.717, 1.165) is 56.8 Å². The number of aliphatic hydroxyl groups excluding tert-OH is 1. The Morgan fingerprint density at radius 3 is 2.36 bits per heavy atom. The molecule has 0 aliphatic heterocycles. The summed E-state index contributed by atoms with van der Waals surface area (Å²) < 4.78 is 0. The molecule has 4 heteroatoms. The van der Waals surface area contributed by atoms with Gasteiger partial charge in [0.25, 0.3) is 0 Å². The topological polar surface area (TPSA) is 74.6 Å². The van der Waals surface area contributed by atoms with Gasteiger partial charge in [-0.3, -0.25) is 9.59 Å². The lowest BCUT2D eigenvalue weighted by Crippen LogP contribution is -2.57. The minimum atomic E-state index is -0.676. The minimum Gasteiger partial charge on any atom is -0.481 e. The molecule has 4 fully saturated rings. The fraction of sp³-hybridized carbons (Fsp3) is 0.931. The van der Waals surface area contributed by atoms with E-state index in [-0.39, 0.29) is 11.5 Å². The Morgan fingerprint density at radius 2 is 1.64 bits per heavy atom. The Hall–Kier alpha value is -0.900. The van der Waals surface area contributed by atoms with Gasteiger partial charge in [0.15, 0.2) is 0 Å². The lowest BCUT2D eigenvalue weighted by atomic mass is 9.42. The third kappa shape index (κ3) is 5.07. The smallest absolute Gasteiger partial charge is 0.303 e. The Kier molecular flexibility index (Phi) is 7.93. The number of fused-ring (bicyclic) bond motifs is 5. The van der Waals surface area contributed by atoms with E-state index in [4.69, 9.17) is 5.11 Å². The van der Waals surface area contributed by atoms with Crippen LogP contribution in [0.3, 0.4) is 0 Å². The van der Waals surface area contributed by atoms with E-state index in [1.54, 1.807) is 0 Å². The second kappa shape index (κ2) is 10.4. The number of Topliss-reactive ketones (excluding diaryl/α,β-unsaturated/α-hetero) is 1. The first-order valence-electron chi connectivity index (χ1n) is 14.2. The van der Waals surface area contributed by atoms with Crippen molar-refractivity contribution in [3.05, 3.63) is 0 Å². The summed E-state index contributed by atoms with van der Waals surface area (Å²) in [4.78, 5) is 22.9. The van der Waals surface area contributed by atoms with Gasteiger partial charge in [-0.1, -0.05) is 58.8 Å². The van der Waals surface area contributed by atoms with E-state index in [1.807, 2.05) is 0 Å². The van der Waals surface area contributed by atoms with E-state index in [0.29, 0.717) is 35.4 Å². The molecule has 0 aromatic carbocycles. The van der Waals surface area contributed by atoms with Gasteiger partial charge in [-0.15, -0.1) is 0 Å². The number of hydrogen-bond donors (Lipinski definition) is 2. The summed E-state index contributed by atoms with van der Waals surface area (Å²) in [7, 11) is 0. The molecule has 0 amide bonds. The fourth-order valence-corrected chi connectivity index (χ4v) is 9.27. The van der Waals surface area contributed by atoms with Crippen LogP contribution >= 0.6 is 0 Å². The molecule has 4 aliphatic carbocycles. The summed E-state index contributed by atoms with van der Waals surface area (Å²) in [5, 5.41) is 19.7. The van der Waals surface area contributed by atoms with Gasteiger partial charge in [0.1, 0.15) is 5.78 Å². The van der Waals surface area contributed by atoms with Crippen LogP contribution in [0.15, 0.2) is 0 Å². The van der Waals surface area contributed by atoms with E-state index >= 15 is 0 Å². The molecule has 4 aliphatic rings. The number of carboxylic acids is 1. The first-order valence-corrected chi connectivity index (χ1v) is 14.2. The van der Waals surface area contributed by atoms with Crippen molar-refractivity contribution in [3.8, 4) is 0 Å². The third-order valence-corrected chi connectivity index (χ3v) is 11.0. The van der Waals surface area contributed by atoms with Crippen molar-refractivity contribution in [1.82, 2.24) is 0 Å². The van der Waals surface area contributed by atoms with Crippen LogP contribution in [0.2, 0.25) is 0 Å². The summed E-state index contributed by atoms with van der Waals surface area (Å²) in [6.07, 6.45) is 18.1. The number of carbonyl (C=O) groups excluding carboxylic acids is 1. The van der Waals surface area contributed by atoms with Gasteiger partial charge in [-0.25, -0.2) is 0 Å². The highest BCUT2D eigenvalue weighted by Gasteiger charge is 2.62. The molecule has 0 spiro atoms. The highest BCUT2D eigenvalue weighted by molar-refractivity contribution is 5.79. The summed E-state index contributed by atoms with van der Waals surface area (Å²) in [6.45, 7) is 4.94. The largest absolute Gasteiger partial charge is 0.481 e. The Labute approximate surface area is 201 Å². The normalized spacial score (nSPS) is 42.5. The van der Waals surface area contributed by atoms with Crippen molar-refractivity contribution in [1.29, 1.82) is 0 Å². The first kappa shape index (κ1) is 25.2. The maximum Gasteiger partial charge on any atom is 0.303 e. The lowest BCUT2D eigenvalue weighted by Gasteiger charge is -2.62. The van der Waals surface area contributed by atoms with Crippen molar-refractivity contribution in [3.63, 3.8) is 0 Å². The molecule has 0 aromatic heterocycles. The number of aliphatic carboxylic acids is 1. The van der Waals surface area contributed by atoms with Crippen LogP contribution in [0.1, 0.15) is 123 Å². The minimum absolute atomic E-state index is 0.101. The molecule has 4 rings (SSSR count). The molecule has 0 aromatic rings. The molecule has 188 valence electrons. The van der Waals surface area contributed by atoms with Gasteiger partial charge in [0.05, 0.1) is 6.10 Å². The van der Waals surface area contributed by atoms with Crippen molar-refractivity contribution in [2.24, 2.45) is 40.4 Å². The van der Waals surface area contributed by atoms with Crippen LogP contribution in [0.5, 0.6) is 0 Å². The number of aliphatic hydroxyl groups is 1. The van der Waals surface area contributed by atoms with Gasteiger partial charge < -0.3 is 10.2 Å². The number of carboxylic acid groups (broad SMARTS) is 1. The Morgan fingerprint density at radius 1 is 0.939 bits per heavy atom. The predicted octanol–water partition coefficient (Wildman–Crippen LogP) is 6.78. The maximum atomic E-state index is 12.3. The summed E-state index contributed by atoms with van der Waals surface area (Å²) in [6, 6.07) is 0. The number of rotatable bonds is 10. The van der Waals surface area contributed by atoms with E-state index in [2.05, 4.69) is 13.8 Å². The highest BCUT2D eigenvalue weighted by atomic mass is 16.4. The first-order chi connectivity index (χ1) is 15.8. The quantitative estimate of drug-likeness (QED) is 0.352. The van der Waals surface area contributed by atoms with Crippen LogP contribution < -0.4 is 0 Å². The van der Waals surface area contributed by atoms with E-state index in [9.17, 15) is 14.7 Å². The van der Waals surface area contributed by atoms with Crippen molar-refractivity contribution < 1.29 is 19.8 Å². The van der Waals surface area contributed by atoms with Crippen molar-refractivity contribution in [2.45, 2.75) is 129 Å². The molecule has 0 heterocycles. The SMILES string of the molecule is C[C@]12CCC(=O)CC1CC[C@@H]1[C@H]2C(CCCCCCCCCC(=O)O)C[C@]2(C)C(O)CC[C@@H]12. The van der Waals surface area contributed by atoms with Gasteiger partial charge in [-0.05, 0) is 85.4 Å². The lowest BCUT2D eigenvalue weighted by molar-refractivity contribution is -0.159. The molecular formula is C29H48O4. The standard InChI is InChI=1S/C29H48O4/c1-28-17-16-22(30)18-21(28)12-13-23-24-14-15-25(31)29(24,2)19-20(27(23)28)10-8-6-4-3-5-7-9-11-26(32)33/h20-21,23-25,27,31H,3-19H2,1-2H3,(H,32,33)/t20?,21?,23-,24-,25?,27+,28-,29-/m0/s1. The molecule has 4 nitrogen and oxygen atoms in total. The van der Waals surface area contributed by atoms with Gasteiger partial charge in [-0.2, -0.15) is 0 Å². The average molecular weight is 461 g/mol. The van der Waals surface area contributed by atoms with Crippen molar-refractivity contribution >= 4 is 11.8 Å². The van der Waals surface area contributed by atoms with Gasteiger partial charge in [0, 0.05) is 19.3 Å². The zero-order chi connectivity index (χ0) is 23.6. The zero-order valence-electron chi connectivity index (χ0n) is 21.2.